The minimum absolute atomic E-state index is 0.220. The average Bonchev–Trinajstić information content (AvgIpc) is 2.88. The molecular formula is C17H22ClFN2. The molecule has 2 aromatic rings. The number of rotatable bonds is 3. The highest BCUT2D eigenvalue weighted by molar-refractivity contribution is 6.20. The summed E-state index contributed by atoms with van der Waals surface area (Å²) >= 11 is 6.31. The van der Waals surface area contributed by atoms with E-state index in [4.69, 9.17) is 11.6 Å². The maximum Gasteiger partial charge on any atom is 0.151 e. The molecule has 0 radical (unpaired) electrons. The third-order valence-corrected chi connectivity index (χ3v) is 4.99. The van der Waals surface area contributed by atoms with Crippen molar-refractivity contribution in [3.05, 3.63) is 29.8 Å². The summed E-state index contributed by atoms with van der Waals surface area (Å²) < 4.78 is 16.2. The first-order valence-corrected chi connectivity index (χ1v) is 8.33. The Bertz CT molecular complexity index is 629. The van der Waals surface area contributed by atoms with Crippen molar-refractivity contribution in [3.63, 3.8) is 0 Å². The zero-order valence-electron chi connectivity index (χ0n) is 12.6. The number of imidazole rings is 1. The number of para-hydroxylation sites is 1. The Morgan fingerprint density at radius 2 is 1.95 bits per heavy atom. The monoisotopic (exact) mass is 308 g/mol. The van der Waals surface area contributed by atoms with Gasteiger partial charge in [0.05, 0.1) is 10.9 Å². The smallest absolute Gasteiger partial charge is 0.151 e. The van der Waals surface area contributed by atoms with Crippen LogP contribution in [0.4, 0.5) is 4.39 Å². The lowest BCUT2D eigenvalue weighted by Crippen LogP contribution is -2.21. The largest absolute Gasteiger partial charge is 0.324 e. The molecule has 114 valence electrons. The third kappa shape index (κ3) is 2.68. The first-order chi connectivity index (χ1) is 10.1. The van der Waals surface area contributed by atoms with Gasteiger partial charge in [0.15, 0.2) is 5.82 Å². The molecule has 2 unspecified atom stereocenters. The van der Waals surface area contributed by atoms with Gasteiger partial charge in [-0.3, -0.25) is 0 Å². The van der Waals surface area contributed by atoms with Gasteiger partial charge in [0.2, 0.25) is 0 Å². The molecule has 0 amide bonds. The molecule has 1 aliphatic rings. The van der Waals surface area contributed by atoms with Crippen molar-refractivity contribution in [1.29, 1.82) is 0 Å². The summed E-state index contributed by atoms with van der Waals surface area (Å²) in [5.41, 5.74) is 1.32. The molecular weight excluding hydrogens is 287 g/mol. The van der Waals surface area contributed by atoms with Gasteiger partial charge in [-0.25, -0.2) is 9.37 Å². The topological polar surface area (TPSA) is 17.8 Å². The van der Waals surface area contributed by atoms with Crippen LogP contribution < -0.4 is 0 Å². The van der Waals surface area contributed by atoms with Crippen LogP contribution in [0.15, 0.2) is 18.2 Å². The van der Waals surface area contributed by atoms with Crippen molar-refractivity contribution in [2.24, 2.45) is 5.92 Å². The minimum atomic E-state index is -0.263. The van der Waals surface area contributed by atoms with E-state index in [1.165, 1.54) is 38.2 Å². The molecule has 0 N–H and O–H groups in total. The Kier molecular flexibility index (Phi) is 4.21. The lowest BCUT2D eigenvalue weighted by Gasteiger charge is -2.30. The molecule has 2 nitrogen and oxygen atoms in total. The van der Waals surface area contributed by atoms with Gasteiger partial charge in [0.25, 0.3) is 0 Å². The van der Waals surface area contributed by atoms with E-state index in [0.29, 0.717) is 17.5 Å². The molecule has 1 fully saturated rings. The van der Waals surface area contributed by atoms with Crippen molar-refractivity contribution >= 4 is 22.6 Å². The van der Waals surface area contributed by atoms with E-state index in [9.17, 15) is 4.39 Å². The second kappa shape index (κ2) is 5.96. The van der Waals surface area contributed by atoms with Gasteiger partial charge in [-0.2, -0.15) is 0 Å². The van der Waals surface area contributed by atoms with Gasteiger partial charge in [0, 0.05) is 6.04 Å². The van der Waals surface area contributed by atoms with Crippen LogP contribution in [0.25, 0.3) is 11.0 Å². The van der Waals surface area contributed by atoms with E-state index in [-0.39, 0.29) is 11.2 Å². The highest BCUT2D eigenvalue weighted by Crippen LogP contribution is 2.37. The van der Waals surface area contributed by atoms with Crippen LogP contribution in [0.3, 0.4) is 0 Å². The van der Waals surface area contributed by atoms with Gasteiger partial charge in [-0.1, -0.05) is 25.3 Å². The Hall–Kier alpha value is -1.09. The summed E-state index contributed by atoms with van der Waals surface area (Å²) in [5.74, 6) is 1.16. The average molecular weight is 309 g/mol. The summed E-state index contributed by atoms with van der Waals surface area (Å²) in [6, 6.07) is 5.49. The summed E-state index contributed by atoms with van der Waals surface area (Å²) in [6.45, 7) is 4.13. The van der Waals surface area contributed by atoms with Crippen LogP contribution >= 0.6 is 11.6 Å². The van der Waals surface area contributed by atoms with Crippen LogP contribution in [0, 0.1) is 11.7 Å². The van der Waals surface area contributed by atoms with Crippen molar-refractivity contribution < 1.29 is 4.39 Å². The number of benzene rings is 1. The van der Waals surface area contributed by atoms with Crippen molar-refractivity contribution in [3.8, 4) is 0 Å². The molecule has 2 atom stereocenters. The zero-order valence-corrected chi connectivity index (χ0v) is 13.4. The van der Waals surface area contributed by atoms with E-state index in [1.807, 2.05) is 13.0 Å². The van der Waals surface area contributed by atoms with Crippen LogP contribution in [0.5, 0.6) is 0 Å². The molecule has 4 heteroatoms. The second-order valence-corrected chi connectivity index (χ2v) is 6.86. The second-order valence-electron chi connectivity index (χ2n) is 6.20. The zero-order chi connectivity index (χ0) is 15.0. The van der Waals surface area contributed by atoms with E-state index in [0.717, 1.165) is 11.3 Å². The SMILES string of the molecule is CC(Cl)c1nc2c(F)cccc2n1C(C)C1CCCCC1. The summed E-state index contributed by atoms with van der Waals surface area (Å²) in [5, 5.41) is -0.220. The number of hydrogen-bond acceptors (Lipinski definition) is 1. The highest BCUT2D eigenvalue weighted by atomic mass is 35.5. The molecule has 0 bridgehead atoms. The summed E-state index contributed by atoms with van der Waals surface area (Å²) in [4.78, 5) is 4.48. The van der Waals surface area contributed by atoms with Gasteiger partial charge < -0.3 is 4.57 Å². The first-order valence-electron chi connectivity index (χ1n) is 7.90. The predicted molar refractivity (Wildman–Crippen MR) is 85.2 cm³/mol. The molecule has 0 saturated heterocycles. The number of fused-ring (bicyclic) bond motifs is 1. The quantitative estimate of drug-likeness (QED) is 0.673. The summed E-state index contributed by atoms with van der Waals surface area (Å²) in [6.07, 6.45) is 6.41. The Morgan fingerprint density at radius 3 is 2.62 bits per heavy atom. The number of hydrogen-bond donors (Lipinski definition) is 0. The Balaban J connectivity index is 2.10. The predicted octanol–water partition coefficient (Wildman–Crippen LogP) is 5.62. The van der Waals surface area contributed by atoms with E-state index in [1.54, 1.807) is 6.07 Å². The molecule has 1 aromatic carbocycles. The standard InChI is InChI=1S/C17H22ClFN2/c1-11(18)17-20-16-14(19)9-6-10-15(16)21(17)12(2)13-7-4-3-5-8-13/h6,9-13H,3-5,7-8H2,1-2H3. The molecule has 3 rings (SSSR count). The van der Waals surface area contributed by atoms with Crippen LogP contribution in [0.2, 0.25) is 0 Å². The lowest BCUT2D eigenvalue weighted by molar-refractivity contribution is 0.264. The van der Waals surface area contributed by atoms with Crippen molar-refractivity contribution in [2.45, 2.75) is 57.4 Å². The molecule has 1 heterocycles. The van der Waals surface area contributed by atoms with E-state index in [2.05, 4.69) is 16.5 Å². The van der Waals surface area contributed by atoms with Gasteiger partial charge >= 0.3 is 0 Å². The van der Waals surface area contributed by atoms with Crippen molar-refractivity contribution in [2.75, 3.05) is 0 Å². The molecule has 0 aliphatic heterocycles. The fourth-order valence-electron chi connectivity index (χ4n) is 3.64. The fraction of sp³-hybridized carbons (Fsp3) is 0.588. The maximum atomic E-state index is 14.0. The van der Waals surface area contributed by atoms with Crippen molar-refractivity contribution in [1.82, 2.24) is 9.55 Å². The lowest BCUT2D eigenvalue weighted by atomic mass is 9.84. The molecule has 1 aliphatic carbocycles. The fourth-order valence-corrected chi connectivity index (χ4v) is 3.79. The number of alkyl halides is 1. The minimum Gasteiger partial charge on any atom is -0.324 e. The number of aromatic nitrogens is 2. The molecule has 0 spiro atoms. The Labute approximate surface area is 130 Å². The van der Waals surface area contributed by atoms with Gasteiger partial charge in [-0.05, 0) is 44.7 Å². The summed E-state index contributed by atoms with van der Waals surface area (Å²) in [7, 11) is 0. The normalized spacial score (nSPS) is 19.8. The third-order valence-electron chi connectivity index (χ3n) is 4.79. The maximum absolute atomic E-state index is 14.0. The molecule has 21 heavy (non-hydrogen) atoms. The van der Waals surface area contributed by atoms with E-state index < -0.39 is 0 Å². The Morgan fingerprint density at radius 1 is 1.24 bits per heavy atom. The highest BCUT2D eigenvalue weighted by Gasteiger charge is 2.27. The van der Waals surface area contributed by atoms with Crippen LogP contribution in [-0.4, -0.2) is 9.55 Å². The number of halogens is 2. The first kappa shape index (κ1) is 14.8. The number of nitrogens with zero attached hydrogens (tertiary/aromatic N) is 2. The van der Waals surface area contributed by atoms with Crippen LogP contribution in [-0.2, 0) is 0 Å². The van der Waals surface area contributed by atoms with Gasteiger partial charge in [0.1, 0.15) is 11.3 Å². The molecule has 1 aromatic heterocycles. The van der Waals surface area contributed by atoms with Crippen LogP contribution in [0.1, 0.15) is 63.2 Å². The van der Waals surface area contributed by atoms with E-state index >= 15 is 0 Å². The molecule has 1 saturated carbocycles. The van der Waals surface area contributed by atoms with Gasteiger partial charge in [-0.15, -0.1) is 11.6 Å².